The van der Waals surface area contributed by atoms with E-state index < -0.39 is 0 Å². The Balaban J connectivity index is 1.24. The van der Waals surface area contributed by atoms with Crippen molar-refractivity contribution in [1.82, 2.24) is 24.7 Å². The Hall–Kier alpha value is -4.58. The molecule has 0 atom stereocenters. The summed E-state index contributed by atoms with van der Waals surface area (Å²) in [5.41, 5.74) is 7.61. The molecule has 0 saturated carbocycles. The first-order valence-corrected chi connectivity index (χ1v) is 16.7. The van der Waals surface area contributed by atoms with Crippen LogP contribution in [0.5, 0.6) is 11.6 Å². The summed E-state index contributed by atoms with van der Waals surface area (Å²) < 4.78 is 10.9. The number of hydrogen-bond acceptors (Lipinski definition) is 5. The van der Waals surface area contributed by atoms with Crippen LogP contribution in [0.3, 0.4) is 0 Å². The molecular weight excluding hydrogens is 609 g/mol. The van der Waals surface area contributed by atoms with Gasteiger partial charge >= 0.3 is 195 Å². The molecule has 7 heteroatoms. The van der Waals surface area contributed by atoms with Crippen LogP contribution in [0.4, 0.5) is 0 Å². The quantitative estimate of drug-likeness (QED) is 0.162. The van der Waals surface area contributed by atoms with Crippen LogP contribution >= 0.6 is 0 Å². The Kier molecular flexibility index (Phi) is 7.37. The number of pyridine rings is 2. The summed E-state index contributed by atoms with van der Waals surface area (Å²) in [6, 6.07) is 31.2. The third kappa shape index (κ3) is 5.12. The molecule has 0 saturated heterocycles. The van der Waals surface area contributed by atoms with Crippen LogP contribution in [0.1, 0.15) is 56.4 Å². The van der Waals surface area contributed by atoms with Crippen LogP contribution in [-0.2, 0) is 0 Å². The summed E-state index contributed by atoms with van der Waals surface area (Å²) in [5.74, 6) is 2.70. The van der Waals surface area contributed by atoms with E-state index in [0.29, 0.717) is 23.5 Å². The molecule has 0 unspecified atom stereocenters. The average molecular weight is 643 g/mol. The fourth-order valence-corrected chi connectivity index (χ4v) is 8.38. The van der Waals surface area contributed by atoms with E-state index in [1.807, 2.05) is 41.1 Å². The molecule has 0 amide bonds. The van der Waals surface area contributed by atoms with Crippen molar-refractivity contribution in [3.05, 3.63) is 114 Å². The van der Waals surface area contributed by atoms with E-state index in [2.05, 4.69) is 89.2 Å². The summed E-state index contributed by atoms with van der Waals surface area (Å²) in [4.78, 5) is 14.5. The molecule has 0 aliphatic rings. The van der Waals surface area contributed by atoms with Crippen LogP contribution in [0.2, 0.25) is 0 Å². The van der Waals surface area contributed by atoms with Crippen molar-refractivity contribution in [2.24, 2.45) is 0 Å². The molecule has 4 aromatic heterocycles. The number of para-hydroxylation sites is 1. The number of ether oxygens (including phenoxy) is 1. The van der Waals surface area contributed by atoms with Gasteiger partial charge in [-0.2, -0.15) is 0 Å². The van der Waals surface area contributed by atoms with Crippen LogP contribution in [0, 0.1) is 6.92 Å². The van der Waals surface area contributed by atoms with Crippen molar-refractivity contribution < 1.29 is 4.74 Å². The summed E-state index contributed by atoms with van der Waals surface area (Å²) in [7, 11) is 0. The number of hydrogen-bond donors (Lipinski definition) is 0. The van der Waals surface area contributed by atoms with Crippen molar-refractivity contribution in [1.29, 1.82) is 0 Å². The predicted molar refractivity (Wildman–Crippen MR) is 179 cm³/mol. The Morgan fingerprint density at radius 3 is 2.30 bits per heavy atom. The summed E-state index contributed by atoms with van der Waals surface area (Å²) in [6.07, 6.45) is 1.63. The number of nitrogens with zero attached hydrogens (tertiary/aromatic N) is 5. The normalized spacial score (nSPS) is 11.7. The number of rotatable bonds is 7. The van der Waals surface area contributed by atoms with E-state index in [1.165, 1.54) is 30.6 Å². The Morgan fingerprint density at radius 2 is 1.50 bits per heavy atom. The fourth-order valence-electron chi connectivity index (χ4n) is 5.77. The average Bonchev–Trinajstić information content (AvgIpc) is 3.65. The van der Waals surface area contributed by atoms with Crippen LogP contribution in [0.15, 0.2) is 97.3 Å². The van der Waals surface area contributed by atoms with Crippen molar-refractivity contribution in [2.45, 2.75) is 46.5 Å². The van der Waals surface area contributed by atoms with E-state index in [0.717, 1.165) is 34.0 Å². The fraction of sp³-hybridized carbons (Fsp3) is 0.189. The van der Waals surface area contributed by atoms with Gasteiger partial charge in [-0.25, -0.2) is 0 Å². The third-order valence-corrected chi connectivity index (χ3v) is 10.3. The summed E-state index contributed by atoms with van der Waals surface area (Å²) in [5, 5.41) is 7.20. The Bertz CT molecular complexity index is 2120. The van der Waals surface area contributed by atoms with Gasteiger partial charge in [0, 0.05) is 0 Å². The zero-order valence-corrected chi connectivity index (χ0v) is 27.2. The van der Waals surface area contributed by atoms with Gasteiger partial charge in [-0.1, -0.05) is 45.9 Å². The van der Waals surface area contributed by atoms with Crippen molar-refractivity contribution >= 4 is 33.9 Å². The molecule has 0 aliphatic heterocycles. The molecule has 0 radical (unpaired) electrons. The molecule has 0 bridgehead atoms. The Morgan fingerprint density at radius 1 is 0.750 bits per heavy atom. The standard InChI is InChI=1S/C37H33N5OSe/c1-22(2)27-12-7-13-28(23(3)4)34(27)42-36(38-21-39-42)25-10-6-11-26(20-25)43-33-17-9-16-32(41-33)31-15-8-14-29-30-19-18-24(5)40-37(30)44-35(29)31/h6-23H,1-5H3. The monoisotopic (exact) mass is 643 g/mol. The molecule has 0 fully saturated rings. The van der Waals surface area contributed by atoms with Gasteiger partial charge < -0.3 is 0 Å². The number of benzene rings is 3. The molecule has 7 aromatic rings. The van der Waals surface area contributed by atoms with Crippen molar-refractivity contribution in [3.63, 3.8) is 0 Å². The SMILES string of the molecule is Cc1ccc2c(n1)[se]c1c(-c3cccc(Oc4cccc(-c5ncnn5-c5c(C(C)C)cccc5C(C)C)c4)n3)cccc12. The minimum atomic E-state index is 0.125. The van der Waals surface area contributed by atoms with Gasteiger partial charge in [0.25, 0.3) is 0 Å². The van der Waals surface area contributed by atoms with Crippen molar-refractivity contribution in [3.8, 4) is 40.0 Å². The molecule has 0 N–H and O–H groups in total. The van der Waals surface area contributed by atoms with Gasteiger partial charge in [0.05, 0.1) is 0 Å². The molecule has 3 aromatic carbocycles. The van der Waals surface area contributed by atoms with Gasteiger partial charge in [0.1, 0.15) is 0 Å². The topological polar surface area (TPSA) is 65.7 Å². The number of aryl methyl sites for hydroxylation is 1. The second-order valence-electron chi connectivity index (χ2n) is 11.7. The first-order chi connectivity index (χ1) is 21.4. The molecule has 0 spiro atoms. The second-order valence-corrected chi connectivity index (χ2v) is 13.8. The van der Waals surface area contributed by atoms with Crippen LogP contribution in [0.25, 0.3) is 47.8 Å². The van der Waals surface area contributed by atoms with E-state index in [9.17, 15) is 0 Å². The third-order valence-electron chi connectivity index (χ3n) is 7.92. The van der Waals surface area contributed by atoms with Crippen molar-refractivity contribution in [2.75, 3.05) is 0 Å². The first-order valence-electron chi connectivity index (χ1n) is 14.9. The van der Waals surface area contributed by atoms with Gasteiger partial charge in [0.2, 0.25) is 0 Å². The number of fused-ring (bicyclic) bond motifs is 3. The molecular formula is C37H33N5OSe. The molecule has 6 nitrogen and oxygen atoms in total. The van der Waals surface area contributed by atoms with E-state index in [1.54, 1.807) is 6.33 Å². The summed E-state index contributed by atoms with van der Waals surface area (Å²) in [6.45, 7) is 10.9. The maximum absolute atomic E-state index is 6.37. The van der Waals surface area contributed by atoms with E-state index in [4.69, 9.17) is 24.8 Å². The predicted octanol–water partition coefficient (Wildman–Crippen LogP) is 9.10. The Labute approximate surface area is 263 Å². The maximum atomic E-state index is 6.37. The van der Waals surface area contributed by atoms with E-state index in [-0.39, 0.29) is 14.5 Å². The van der Waals surface area contributed by atoms with Crippen LogP contribution < -0.4 is 4.74 Å². The number of aromatic nitrogens is 5. The summed E-state index contributed by atoms with van der Waals surface area (Å²) >= 11 is 0.125. The molecule has 7 rings (SSSR count). The minimum absolute atomic E-state index is 0.125. The molecule has 4 heterocycles. The first kappa shape index (κ1) is 28.2. The van der Waals surface area contributed by atoms with Gasteiger partial charge in [-0.05, 0) is 23.0 Å². The van der Waals surface area contributed by atoms with Gasteiger partial charge in [-0.3, -0.25) is 0 Å². The molecule has 218 valence electrons. The van der Waals surface area contributed by atoms with Crippen LogP contribution in [-0.4, -0.2) is 39.2 Å². The van der Waals surface area contributed by atoms with Gasteiger partial charge in [-0.15, -0.1) is 0 Å². The van der Waals surface area contributed by atoms with E-state index >= 15 is 0 Å². The molecule has 44 heavy (non-hydrogen) atoms. The molecule has 0 aliphatic carbocycles. The zero-order valence-electron chi connectivity index (χ0n) is 25.4. The second kappa shape index (κ2) is 11.5. The van der Waals surface area contributed by atoms with Gasteiger partial charge in [0.15, 0.2) is 0 Å². The zero-order chi connectivity index (χ0) is 30.4.